The molecule has 0 saturated carbocycles. The van der Waals surface area contributed by atoms with E-state index in [0.29, 0.717) is 18.7 Å². The Morgan fingerprint density at radius 1 is 1.64 bits per heavy atom. The Labute approximate surface area is 89.1 Å². The van der Waals surface area contributed by atoms with Crippen LogP contribution < -0.4 is 10.6 Å². The van der Waals surface area contributed by atoms with E-state index >= 15 is 0 Å². The molecule has 1 aliphatic rings. The summed E-state index contributed by atoms with van der Waals surface area (Å²) in [6, 6.07) is 0. The molecule has 1 saturated heterocycles. The second kappa shape index (κ2) is 4.35. The van der Waals surface area contributed by atoms with Gasteiger partial charge in [0.15, 0.2) is 0 Å². The summed E-state index contributed by atoms with van der Waals surface area (Å²) in [4.78, 5) is 8.24. The molecule has 3 nitrogen and oxygen atoms in total. The lowest BCUT2D eigenvalue weighted by Crippen LogP contribution is -2.39. The maximum absolute atomic E-state index is 12.3. The highest BCUT2D eigenvalue weighted by Gasteiger charge is 2.25. The van der Waals surface area contributed by atoms with Crippen molar-refractivity contribution < 1.29 is 13.6 Å². The van der Waals surface area contributed by atoms with Gasteiger partial charge in [0.2, 0.25) is 5.91 Å². The van der Waals surface area contributed by atoms with Gasteiger partial charge in [-0.1, -0.05) is 0 Å². The van der Waals surface area contributed by atoms with E-state index in [1.54, 1.807) is 6.92 Å². The van der Waals surface area contributed by atoms with Crippen LogP contribution in [0.5, 0.6) is 0 Å². The van der Waals surface area contributed by atoms with Gasteiger partial charge in [0, 0.05) is 18.7 Å². The van der Waals surface area contributed by atoms with Crippen LogP contribution >= 0.6 is 15.9 Å². The molecule has 6 heteroatoms. The number of hydrogen-bond donors (Lipinski definition) is 2. The van der Waals surface area contributed by atoms with Gasteiger partial charge in [-0.25, -0.2) is 0 Å². The van der Waals surface area contributed by atoms with Gasteiger partial charge in [-0.15, -0.1) is 0 Å². The van der Waals surface area contributed by atoms with Gasteiger partial charge in [-0.3, -0.25) is 4.79 Å². The lowest BCUT2D eigenvalue weighted by atomic mass is 10.0. The van der Waals surface area contributed by atoms with Crippen LogP contribution in [0.2, 0.25) is 0 Å². The van der Waals surface area contributed by atoms with Gasteiger partial charge < -0.3 is 10.6 Å². The number of carbonyl (C=O) groups is 1. The SMILES string of the molecule is CC(C(=O)NCC(F)(F)Br)=C1CNC1. The maximum atomic E-state index is 12.3. The zero-order valence-corrected chi connectivity index (χ0v) is 9.25. The first-order chi connectivity index (χ1) is 6.40. The van der Waals surface area contributed by atoms with Crippen molar-refractivity contribution in [1.29, 1.82) is 0 Å². The second-order valence-corrected chi connectivity index (χ2v) is 4.29. The highest BCUT2D eigenvalue weighted by Crippen LogP contribution is 2.20. The maximum Gasteiger partial charge on any atom is 0.318 e. The highest BCUT2D eigenvalue weighted by molar-refractivity contribution is 9.10. The smallest absolute Gasteiger partial charge is 0.318 e. The number of hydrogen-bond acceptors (Lipinski definition) is 2. The minimum Gasteiger partial charge on any atom is -0.345 e. The Kier molecular flexibility index (Phi) is 3.60. The normalized spacial score (nSPS) is 16.1. The summed E-state index contributed by atoms with van der Waals surface area (Å²) in [5, 5.41) is 5.12. The molecule has 0 aromatic carbocycles. The Morgan fingerprint density at radius 3 is 2.57 bits per heavy atom. The lowest BCUT2D eigenvalue weighted by molar-refractivity contribution is -0.118. The van der Waals surface area contributed by atoms with Gasteiger partial charge >= 0.3 is 4.83 Å². The van der Waals surface area contributed by atoms with Crippen molar-refractivity contribution in [2.75, 3.05) is 19.6 Å². The first-order valence-electron chi connectivity index (χ1n) is 4.14. The van der Waals surface area contributed by atoms with E-state index in [4.69, 9.17) is 0 Å². The fraction of sp³-hybridized carbons (Fsp3) is 0.625. The zero-order valence-electron chi connectivity index (χ0n) is 7.66. The molecule has 0 spiro atoms. The predicted octanol–water partition coefficient (Wildman–Crippen LogP) is 1.01. The van der Waals surface area contributed by atoms with Crippen LogP contribution in [-0.4, -0.2) is 30.4 Å². The van der Waals surface area contributed by atoms with E-state index in [-0.39, 0.29) is 0 Å². The largest absolute Gasteiger partial charge is 0.345 e. The van der Waals surface area contributed by atoms with E-state index in [1.165, 1.54) is 0 Å². The molecule has 2 N–H and O–H groups in total. The van der Waals surface area contributed by atoms with Gasteiger partial charge in [-0.05, 0) is 28.4 Å². The number of nitrogens with one attached hydrogen (secondary N) is 2. The van der Waals surface area contributed by atoms with Crippen LogP contribution in [0.15, 0.2) is 11.1 Å². The van der Waals surface area contributed by atoms with E-state index in [2.05, 4.69) is 26.6 Å². The summed E-state index contributed by atoms with van der Waals surface area (Å²) in [5.74, 6) is -0.430. The van der Waals surface area contributed by atoms with Gasteiger partial charge in [-0.2, -0.15) is 8.78 Å². The molecular weight excluding hydrogens is 258 g/mol. The first kappa shape index (κ1) is 11.6. The van der Waals surface area contributed by atoms with Crippen LogP contribution in [0.4, 0.5) is 8.78 Å². The fourth-order valence-corrected chi connectivity index (χ4v) is 1.13. The Bertz CT molecular complexity index is 267. The Morgan fingerprint density at radius 2 is 2.21 bits per heavy atom. The van der Waals surface area contributed by atoms with E-state index in [0.717, 1.165) is 5.57 Å². The lowest BCUT2D eigenvalue weighted by Gasteiger charge is -2.21. The molecular formula is C8H11BrF2N2O. The first-order valence-corrected chi connectivity index (χ1v) is 4.94. The standard InChI is InChI=1S/C8H11BrF2N2O/c1-5(6-2-12-3-6)7(14)13-4-8(9,10)11/h12H,2-4H2,1H3,(H,13,14). The van der Waals surface area contributed by atoms with Crippen LogP contribution in [0.25, 0.3) is 0 Å². The van der Waals surface area contributed by atoms with Crippen molar-refractivity contribution >= 4 is 21.8 Å². The van der Waals surface area contributed by atoms with Crippen molar-refractivity contribution in [3.8, 4) is 0 Å². The number of amides is 1. The molecule has 1 heterocycles. The number of carbonyl (C=O) groups excluding carboxylic acids is 1. The molecule has 14 heavy (non-hydrogen) atoms. The summed E-state index contributed by atoms with van der Waals surface area (Å²) in [6.07, 6.45) is 0. The molecule has 0 aromatic rings. The van der Waals surface area contributed by atoms with Crippen LogP contribution in [-0.2, 0) is 4.79 Å². The molecule has 0 unspecified atom stereocenters. The molecule has 0 aliphatic carbocycles. The van der Waals surface area contributed by atoms with Crippen molar-refractivity contribution in [2.24, 2.45) is 0 Å². The number of rotatable bonds is 3. The molecule has 1 amide bonds. The average Bonchev–Trinajstić information content (AvgIpc) is 1.95. The van der Waals surface area contributed by atoms with E-state index < -0.39 is 17.3 Å². The molecule has 0 aromatic heterocycles. The summed E-state index contributed by atoms with van der Waals surface area (Å²) in [6.45, 7) is 2.29. The molecule has 1 rings (SSSR count). The van der Waals surface area contributed by atoms with Gasteiger partial charge in [0.05, 0.1) is 6.54 Å². The number of alkyl halides is 3. The Hall–Kier alpha value is -0.490. The van der Waals surface area contributed by atoms with Crippen molar-refractivity contribution in [1.82, 2.24) is 10.6 Å². The van der Waals surface area contributed by atoms with Crippen molar-refractivity contribution in [3.05, 3.63) is 11.1 Å². The third-order valence-corrected chi connectivity index (χ3v) is 2.28. The minimum atomic E-state index is -3.04. The highest BCUT2D eigenvalue weighted by atomic mass is 79.9. The third kappa shape index (κ3) is 3.34. The molecule has 80 valence electrons. The fourth-order valence-electron chi connectivity index (χ4n) is 0.989. The van der Waals surface area contributed by atoms with Crippen LogP contribution in [0.3, 0.4) is 0 Å². The molecule has 0 atom stereocenters. The quantitative estimate of drug-likeness (QED) is 0.593. The summed E-state index contributed by atoms with van der Waals surface area (Å²) in [5.41, 5.74) is 1.50. The summed E-state index contributed by atoms with van der Waals surface area (Å²) in [7, 11) is 0. The summed E-state index contributed by atoms with van der Waals surface area (Å²) < 4.78 is 24.6. The monoisotopic (exact) mass is 268 g/mol. The molecule has 0 bridgehead atoms. The Balaban J connectivity index is 2.43. The molecule has 1 aliphatic heterocycles. The predicted molar refractivity (Wildman–Crippen MR) is 52.5 cm³/mol. The third-order valence-electron chi connectivity index (χ3n) is 2.00. The van der Waals surface area contributed by atoms with Crippen molar-refractivity contribution in [2.45, 2.75) is 11.8 Å². The molecule has 1 fully saturated rings. The average molecular weight is 269 g/mol. The molecule has 0 radical (unpaired) electrons. The second-order valence-electron chi connectivity index (χ2n) is 3.13. The van der Waals surface area contributed by atoms with E-state index in [1.807, 2.05) is 0 Å². The van der Waals surface area contributed by atoms with Gasteiger partial charge in [0.1, 0.15) is 0 Å². The van der Waals surface area contributed by atoms with Crippen molar-refractivity contribution in [3.63, 3.8) is 0 Å². The zero-order chi connectivity index (χ0) is 10.8. The minimum absolute atomic E-state index is 0.430. The van der Waals surface area contributed by atoms with Crippen LogP contribution in [0.1, 0.15) is 6.92 Å². The van der Waals surface area contributed by atoms with Crippen LogP contribution in [0, 0.1) is 0 Å². The topological polar surface area (TPSA) is 41.1 Å². The van der Waals surface area contributed by atoms with E-state index in [9.17, 15) is 13.6 Å². The van der Waals surface area contributed by atoms with Gasteiger partial charge in [0.25, 0.3) is 0 Å². The number of halogens is 3. The summed E-state index contributed by atoms with van der Waals surface area (Å²) >= 11 is 2.15.